The molecular weight excluding hydrogens is 387 g/mol. The molecule has 1 aliphatic heterocycles. The third kappa shape index (κ3) is 3.73. The Bertz CT molecular complexity index is 1030. The molecule has 1 aromatic carbocycles. The van der Waals surface area contributed by atoms with Crippen LogP contribution in [0.25, 0.3) is 0 Å². The molecule has 7 nitrogen and oxygen atoms in total. The van der Waals surface area contributed by atoms with E-state index in [1.165, 1.54) is 4.90 Å². The largest absolute Gasteiger partial charge is 0.435 e. The van der Waals surface area contributed by atoms with Crippen LogP contribution in [-0.2, 0) is 13.1 Å². The van der Waals surface area contributed by atoms with E-state index >= 15 is 0 Å². The van der Waals surface area contributed by atoms with Crippen LogP contribution in [-0.4, -0.2) is 31.7 Å². The van der Waals surface area contributed by atoms with Crippen molar-refractivity contribution < 1.29 is 22.7 Å². The quantitative estimate of drug-likeness (QED) is 0.673. The first-order valence-electron chi connectivity index (χ1n) is 8.78. The molecule has 3 aromatic rings. The molecule has 0 unspecified atom stereocenters. The molecule has 2 aromatic heterocycles. The van der Waals surface area contributed by atoms with Gasteiger partial charge in [0, 0.05) is 30.1 Å². The van der Waals surface area contributed by atoms with Crippen molar-refractivity contribution in [2.75, 3.05) is 5.32 Å². The molecule has 0 spiro atoms. The van der Waals surface area contributed by atoms with Gasteiger partial charge in [0.2, 0.25) is 5.88 Å². The standard InChI is InChI=1S/C19H16F3N5O2/c1-11-9-27-15(16(8-24-27)29-17-4-2-3-5-23-17)10-26(11)19(28)25-12-6-13(20)18(22)14(21)7-12/h2-8,11H,9-10H2,1H3,(H,25,28)/t11-/m0/s1. The number of pyridine rings is 1. The van der Waals surface area contributed by atoms with Gasteiger partial charge in [-0.2, -0.15) is 5.10 Å². The molecule has 0 radical (unpaired) electrons. The predicted octanol–water partition coefficient (Wildman–Crippen LogP) is 3.92. The van der Waals surface area contributed by atoms with Gasteiger partial charge < -0.3 is 15.0 Å². The Kier molecular flexibility index (Phi) is 4.83. The number of benzene rings is 1. The lowest BCUT2D eigenvalue weighted by atomic mass is 10.2. The van der Waals surface area contributed by atoms with Gasteiger partial charge in [-0.1, -0.05) is 6.07 Å². The monoisotopic (exact) mass is 403 g/mol. The highest BCUT2D eigenvalue weighted by Crippen LogP contribution is 2.29. The van der Waals surface area contributed by atoms with E-state index in [2.05, 4.69) is 15.4 Å². The van der Waals surface area contributed by atoms with E-state index in [1.54, 1.807) is 35.3 Å². The molecule has 0 saturated heterocycles. The lowest BCUT2D eigenvalue weighted by molar-refractivity contribution is 0.160. The summed E-state index contributed by atoms with van der Waals surface area (Å²) in [6, 6.07) is 5.85. The minimum absolute atomic E-state index is 0.154. The summed E-state index contributed by atoms with van der Waals surface area (Å²) < 4.78 is 47.4. The average molecular weight is 403 g/mol. The molecule has 4 rings (SSSR count). The van der Waals surface area contributed by atoms with E-state index in [1.807, 2.05) is 6.92 Å². The highest BCUT2D eigenvalue weighted by Gasteiger charge is 2.30. The van der Waals surface area contributed by atoms with Crippen molar-refractivity contribution in [3.63, 3.8) is 0 Å². The fourth-order valence-electron chi connectivity index (χ4n) is 3.08. The minimum atomic E-state index is -1.59. The van der Waals surface area contributed by atoms with E-state index < -0.39 is 23.5 Å². The normalized spacial score (nSPS) is 15.7. The zero-order chi connectivity index (χ0) is 20.5. The third-order valence-electron chi connectivity index (χ3n) is 4.55. The Hall–Kier alpha value is -3.56. The van der Waals surface area contributed by atoms with Crippen LogP contribution in [0.4, 0.5) is 23.7 Å². The Morgan fingerprint density at radius 3 is 2.69 bits per heavy atom. The first-order chi connectivity index (χ1) is 13.9. The number of fused-ring (bicyclic) bond motifs is 1. The van der Waals surface area contributed by atoms with Crippen molar-refractivity contribution in [1.29, 1.82) is 0 Å². The van der Waals surface area contributed by atoms with Gasteiger partial charge in [0.05, 0.1) is 25.3 Å². The van der Waals surface area contributed by atoms with Crippen LogP contribution < -0.4 is 10.1 Å². The zero-order valence-electron chi connectivity index (χ0n) is 15.3. The zero-order valence-corrected chi connectivity index (χ0v) is 15.3. The molecule has 1 atom stereocenters. The summed E-state index contributed by atoms with van der Waals surface area (Å²) in [5.74, 6) is -3.51. The SMILES string of the molecule is C[C@H]1Cn2ncc(Oc3ccccn3)c2CN1C(=O)Nc1cc(F)c(F)c(F)c1. The molecule has 29 heavy (non-hydrogen) atoms. The molecule has 3 heterocycles. The number of ether oxygens (including phenoxy) is 1. The van der Waals surface area contributed by atoms with E-state index in [-0.39, 0.29) is 18.3 Å². The van der Waals surface area contributed by atoms with Gasteiger partial charge in [-0.25, -0.2) is 22.9 Å². The van der Waals surface area contributed by atoms with Crippen molar-refractivity contribution in [2.24, 2.45) is 0 Å². The van der Waals surface area contributed by atoms with Crippen LogP contribution in [0.15, 0.2) is 42.7 Å². The van der Waals surface area contributed by atoms with Crippen molar-refractivity contribution in [3.05, 3.63) is 65.9 Å². The number of urea groups is 1. The topological polar surface area (TPSA) is 72.3 Å². The maximum Gasteiger partial charge on any atom is 0.322 e. The first kappa shape index (κ1) is 18.8. The second-order valence-corrected chi connectivity index (χ2v) is 6.57. The molecule has 10 heteroatoms. The maximum absolute atomic E-state index is 13.4. The Morgan fingerprint density at radius 1 is 1.24 bits per heavy atom. The fourth-order valence-corrected chi connectivity index (χ4v) is 3.08. The van der Waals surface area contributed by atoms with Gasteiger partial charge >= 0.3 is 6.03 Å². The number of rotatable bonds is 3. The summed E-state index contributed by atoms with van der Waals surface area (Å²) >= 11 is 0. The van der Waals surface area contributed by atoms with Crippen LogP contribution in [0.2, 0.25) is 0 Å². The summed E-state index contributed by atoms with van der Waals surface area (Å²) in [5.41, 5.74) is 0.475. The summed E-state index contributed by atoms with van der Waals surface area (Å²) in [4.78, 5) is 18.3. The van der Waals surface area contributed by atoms with Gasteiger partial charge in [0.15, 0.2) is 23.2 Å². The minimum Gasteiger partial charge on any atom is -0.435 e. The smallest absolute Gasteiger partial charge is 0.322 e. The van der Waals surface area contributed by atoms with Gasteiger partial charge in [-0.15, -0.1) is 0 Å². The molecule has 2 amide bonds. The summed E-state index contributed by atoms with van der Waals surface area (Å²) in [7, 11) is 0. The Morgan fingerprint density at radius 2 is 2.00 bits per heavy atom. The Balaban J connectivity index is 1.53. The van der Waals surface area contributed by atoms with Crippen molar-refractivity contribution >= 4 is 11.7 Å². The second-order valence-electron chi connectivity index (χ2n) is 6.57. The van der Waals surface area contributed by atoms with E-state index in [9.17, 15) is 18.0 Å². The summed E-state index contributed by atoms with van der Waals surface area (Å²) in [6.45, 7) is 2.37. The van der Waals surface area contributed by atoms with Crippen molar-refractivity contribution in [2.45, 2.75) is 26.1 Å². The fraction of sp³-hybridized carbons (Fsp3) is 0.211. The number of halogens is 3. The third-order valence-corrected chi connectivity index (χ3v) is 4.55. The lowest BCUT2D eigenvalue weighted by Crippen LogP contribution is -2.46. The number of nitrogens with one attached hydrogen (secondary N) is 1. The summed E-state index contributed by atoms with van der Waals surface area (Å²) in [6.07, 6.45) is 3.14. The number of amides is 2. The summed E-state index contributed by atoms with van der Waals surface area (Å²) in [5, 5.41) is 6.68. The van der Waals surface area contributed by atoms with Crippen LogP contribution in [0.1, 0.15) is 12.6 Å². The molecular formula is C19H16F3N5O2. The number of carbonyl (C=O) groups excluding carboxylic acids is 1. The van der Waals surface area contributed by atoms with Gasteiger partial charge in [-0.05, 0) is 13.0 Å². The van der Waals surface area contributed by atoms with E-state index in [0.29, 0.717) is 23.9 Å². The molecule has 1 N–H and O–H groups in total. The number of carbonyl (C=O) groups is 1. The number of anilines is 1. The lowest BCUT2D eigenvalue weighted by Gasteiger charge is -2.34. The van der Waals surface area contributed by atoms with Crippen LogP contribution in [0, 0.1) is 17.5 Å². The molecule has 0 bridgehead atoms. The van der Waals surface area contributed by atoms with Crippen molar-refractivity contribution in [3.8, 4) is 11.6 Å². The molecule has 0 fully saturated rings. The van der Waals surface area contributed by atoms with Crippen LogP contribution >= 0.6 is 0 Å². The average Bonchev–Trinajstić information content (AvgIpc) is 3.07. The maximum atomic E-state index is 13.4. The predicted molar refractivity (Wildman–Crippen MR) is 96.9 cm³/mol. The van der Waals surface area contributed by atoms with E-state index in [4.69, 9.17) is 4.74 Å². The second kappa shape index (κ2) is 7.46. The van der Waals surface area contributed by atoms with Crippen molar-refractivity contribution in [1.82, 2.24) is 19.7 Å². The first-order valence-corrected chi connectivity index (χ1v) is 8.78. The number of nitrogens with zero attached hydrogens (tertiary/aromatic N) is 4. The highest BCUT2D eigenvalue weighted by molar-refractivity contribution is 5.89. The molecule has 0 saturated carbocycles. The number of hydrogen-bond donors (Lipinski definition) is 1. The number of aromatic nitrogens is 3. The molecule has 1 aliphatic rings. The molecule has 150 valence electrons. The Labute approximate surface area is 163 Å². The van der Waals surface area contributed by atoms with Crippen LogP contribution in [0.3, 0.4) is 0 Å². The van der Waals surface area contributed by atoms with E-state index in [0.717, 1.165) is 12.1 Å². The number of hydrogen-bond acceptors (Lipinski definition) is 4. The van der Waals surface area contributed by atoms with Crippen LogP contribution in [0.5, 0.6) is 11.6 Å². The van der Waals surface area contributed by atoms with Gasteiger partial charge in [0.1, 0.15) is 5.69 Å². The molecule has 0 aliphatic carbocycles. The van der Waals surface area contributed by atoms with Gasteiger partial charge in [-0.3, -0.25) is 4.68 Å². The highest BCUT2D eigenvalue weighted by atomic mass is 19.2. The van der Waals surface area contributed by atoms with Gasteiger partial charge in [0.25, 0.3) is 0 Å².